The number of hydrogen-bond donors (Lipinski definition) is 0. The van der Waals surface area contributed by atoms with Crippen LogP contribution in [0.1, 0.15) is 11.1 Å². The van der Waals surface area contributed by atoms with E-state index in [1.54, 1.807) is 91.0 Å². The molecule has 0 unspecified atom stereocenters. The van der Waals surface area contributed by atoms with Crippen molar-refractivity contribution in [3.05, 3.63) is 136 Å². The van der Waals surface area contributed by atoms with E-state index in [-0.39, 0.29) is 23.0 Å². The van der Waals surface area contributed by atoms with Crippen LogP contribution in [0.2, 0.25) is 0 Å². The third-order valence-electron chi connectivity index (χ3n) is 6.02. The first-order valence-electron chi connectivity index (χ1n) is 11.9. The highest BCUT2D eigenvalue weighted by molar-refractivity contribution is 7.81. The third-order valence-corrected chi connectivity index (χ3v) is 6.39. The second kappa shape index (κ2) is 11.1. The Morgan fingerprint density at radius 3 is 1.74 bits per heavy atom. The monoisotopic (exact) mass is 535 g/mol. The van der Waals surface area contributed by atoms with Crippen LogP contribution in [0.3, 0.4) is 0 Å². The van der Waals surface area contributed by atoms with Gasteiger partial charge in [0.05, 0.1) is 16.3 Å². The smallest absolute Gasteiger partial charge is 0.270 e. The topological polar surface area (TPSA) is 93.0 Å². The van der Waals surface area contributed by atoms with Crippen molar-refractivity contribution >= 4 is 52.3 Å². The number of nitro benzene ring substituents is 1. The number of hydrogen-bond acceptors (Lipinski definition) is 6. The Balaban J connectivity index is 1.40. The third kappa shape index (κ3) is 5.43. The fourth-order valence-corrected chi connectivity index (χ4v) is 4.42. The molecule has 4 aromatic carbocycles. The molecule has 1 aliphatic heterocycles. The van der Waals surface area contributed by atoms with Crippen molar-refractivity contribution in [2.24, 2.45) is 0 Å². The summed E-state index contributed by atoms with van der Waals surface area (Å²) in [5.74, 6) is -0.460. The summed E-state index contributed by atoms with van der Waals surface area (Å²) in [5.41, 5.74) is 2.51. The first-order valence-corrected chi connectivity index (χ1v) is 12.3. The zero-order valence-electron chi connectivity index (χ0n) is 20.5. The van der Waals surface area contributed by atoms with Crippen LogP contribution in [-0.2, 0) is 16.2 Å². The Morgan fingerprint density at radius 1 is 0.744 bits per heavy atom. The maximum Gasteiger partial charge on any atom is 0.270 e. The highest BCUT2D eigenvalue weighted by Gasteiger charge is 2.41. The van der Waals surface area contributed by atoms with E-state index in [2.05, 4.69) is 0 Å². The van der Waals surface area contributed by atoms with E-state index in [1.807, 2.05) is 12.1 Å². The van der Waals surface area contributed by atoms with Gasteiger partial charge in [0, 0.05) is 12.1 Å². The largest absolute Gasteiger partial charge is 0.489 e. The number of benzene rings is 4. The van der Waals surface area contributed by atoms with Crippen LogP contribution in [0.15, 0.2) is 115 Å². The maximum atomic E-state index is 13.6. The van der Waals surface area contributed by atoms with E-state index in [0.717, 1.165) is 5.56 Å². The summed E-state index contributed by atoms with van der Waals surface area (Å²) in [6, 6.07) is 31.0. The summed E-state index contributed by atoms with van der Waals surface area (Å²) in [5, 5.41) is 10.9. The second-order valence-electron chi connectivity index (χ2n) is 8.57. The summed E-state index contributed by atoms with van der Waals surface area (Å²) in [4.78, 5) is 40.2. The normalized spacial score (nSPS) is 13.4. The van der Waals surface area contributed by atoms with Gasteiger partial charge < -0.3 is 4.74 Å². The van der Waals surface area contributed by atoms with Crippen LogP contribution >= 0.6 is 12.2 Å². The molecule has 0 bridgehead atoms. The van der Waals surface area contributed by atoms with Crippen LogP contribution in [0.5, 0.6) is 5.75 Å². The molecule has 1 saturated heterocycles. The molecule has 0 N–H and O–H groups in total. The Morgan fingerprint density at radius 2 is 1.26 bits per heavy atom. The molecule has 8 nitrogen and oxygen atoms in total. The first-order chi connectivity index (χ1) is 18.9. The quantitative estimate of drug-likeness (QED) is 0.0959. The number of thiocarbonyl (C=S) groups is 1. The molecule has 192 valence electrons. The summed E-state index contributed by atoms with van der Waals surface area (Å²) < 4.78 is 5.79. The number of ether oxygens (including phenoxy) is 1. The van der Waals surface area contributed by atoms with Crippen LogP contribution < -0.4 is 14.5 Å². The van der Waals surface area contributed by atoms with Crippen LogP contribution in [0.25, 0.3) is 6.08 Å². The number of nitro groups is 1. The highest BCUT2D eigenvalue weighted by atomic mass is 32.1. The Labute approximate surface area is 229 Å². The van der Waals surface area contributed by atoms with Gasteiger partial charge in [0.25, 0.3) is 17.5 Å². The number of anilines is 2. The zero-order valence-corrected chi connectivity index (χ0v) is 21.3. The SMILES string of the molecule is O=C1C(=Cc2ccc(OCc3ccc([N+](=O)[O-])cc3)cc2)C(=O)N(c2ccccc2)C(=S)N1c1ccccc1. The lowest BCUT2D eigenvalue weighted by molar-refractivity contribution is -0.384. The second-order valence-corrected chi connectivity index (χ2v) is 8.94. The molecule has 0 aliphatic carbocycles. The standard InChI is InChI=1S/C30H21N3O5S/c34-28-27(19-21-13-17-26(18-14-21)38-20-22-11-15-25(16-12-22)33(36)37)29(35)32(24-9-5-2-6-10-24)30(39)31(28)23-7-3-1-4-8-23/h1-19H,20H2. The van der Waals surface area contributed by atoms with E-state index < -0.39 is 16.7 Å². The van der Waals surface area contributed by atoms with Crippen molar-refractivity contribution in [3.63, 3.8) is 0 Å². The molecule has 1 fully saturated rings. The van der Waals surface area contributed by atoms with Crippen LogP contribution in [0, 0.1) is 10.1 Å². The van der Waals surface area contributed by atoms with Crippen LogP contribution in [0.4, 0.5) is 17.1 Å². The van der Waals surface area contributed by atoms with Crippen molar-refractivity contribution in [2.75, 3.05) is 9.80 Å². The fraction of sp³-hybridized carbons (Fsp3) is 0.0333. The maximum absolute atomic E-state index is 13.6. The molecular weight excluding hydrogens is 514 g/mol. The molecule has 0 saturated carbocycles. The van der Waals surface area contributed by atoms with Gasteiger partial charge in [0.1, 0.15) is 17.9 Å². The molecule has 2 amide bonds. The zero-order chi connectivity index (χ0) is 27.4. The number of nitrogens with zero attached hydrogens (tertiary/aromatic N) is 3. The van der Waals surface area contributed by atoms with Gasteiger partial charge in [-0.2, -0.15) is 0 Å². The summed E-state index contributed by atoms with van der Waals surface area (Å²) in [6.45, 7) is 0.227. The van der Waals surface area contributed by atoms with E-state index in [0.29, 0.717) is 22.7 Å². The Hall–Kier alpha value is -5.15. The number of amides is 2. The summed E-state index contributed by atoms with van der Waals surface area (Å²) in [7, 11) is 0. The number of carbonyl (C=O) groups is 2. The van der Waals surface area contributed by atoms with E-state index >= 15 is 0 Å². The molecule has 9 heteroatoms. The molecule has 0 aromatic heterocycles. The van der Waals surface area contributed by atoms with E-state index in [4.69, 9.17) is 17.0 Å². The molecule has 0 radical (unpaired) electrons. The molecule has 5 rings (SSSR count). The minimum absolute atomic E-state index is 0.0142. The molecule has 0 atom stereocenters. The van der Waals surface area contributed by atoms with Gasteiger partial charge in [-0.15, -0.1) is 0 Å². The lowest BCUT2D eigenvalue weighted by Crippen LogP contribution is -2.56. The van der Waals surface area contributed by atoms with Gasteiger partial charge in [0.15, 0.2) is 5.11 Å². The average molecular weight is 536 g/mol. The molecule has 1 heterocycles. The van der Waals surface area contributed by atoms with E-state index in [1.165, 1.54) is 21.9 Å². The minimum atomic E-state index is -0.512. The molecule has 4 aromatic rings. The Kier molecular flexibility index (Phi) is 7.24. The number of rotatable bonds is 7. The highest BCUT2D eigenvalue weighted by Crippen LogP contribution is 2.30. The molecule has 1 aliphatic rings. The van der Waals surface area contributed by atoms with Gasteiger partial charge in [-0.3, -0.25) is 29.5 Å². The number of para-hydroxylation sites is 2. The van der Waals surface area contributed by atoms with Crippen LogP contribution in [-0.4, -0.2) is 21.9 Å². The Bertz CT molecular complexity index is 1510. The molecular formula is C30H21N3O5S. The number of non-ortho nitro benzene ring substituents is 1. The predicted octanol–water partition coefficient (Wildman–Crippen LogP) is 5.92. The van der Waals surface area contributed by atoms with E-state index in [9.17, 15) is 19.7 Å². The van der Waals surface area contributed by atoms with Gasteiger partial charge >= 0.3 is 0 Å². The fourth-order valence-electron chi connectivity index (χ4n) is 4.05. The van der Waals surface area contributed by atoms with Gasteiger partial charge in [-0.25, -0.2) is 0 Å². The van der Waals surface area contributed by atoms with Crippen molar-refractivity contribution < 1.29 is 19.2 Å². The van der Waals surface area contributed by atoms with Gasteiger partial charge in [0.2, 0.25) is 0 Å². The van der Waals surface area contributed by atoms with Gasteiger partial charge in [-0.05, 0) is 78.0 Å². The van der Waals surface area contributed by atoms with Crippen molar-refractivity contribution in [1.82, 2.24) is 0 Å². The first kappa shape index (κ1) is 25.5. The molecule has 39 heavy (non-hydrogen) atoms. The molecule has 0 spiro atoms. The average Bonchev–Trinajstić information content (AvgIpc) is 2.96. The van der Waals surface area contributed by atoms with Gasteiger partial charge in [-0.1, -0.05) is 48.5 Å². The van der Waals surface area contributed by atoms with Crippen molar-refractivity contribution in [1.29, 1.82) is 0 Å². The number of carbonyl (C=O) groups excluding carboxylic acids is 2. The van der Waals surface area contributed by atoms with Crippen molar-refractivity contribution in [3.8, 4) is 5.75 Å². The lowest BCUT2D eigenvalue weighted by Gasteiger charge is -2.36. The minimum Gasteiger partial charge on any atom is -0.489 e. The lowest BCUT2D eigenvalue weighted by atomic mass is 10.0. The summed E-state index contributed by atoms with van der Waals surface area (Å²) in [6.07, 6.45) is 1.54. The summed E-state index contributed by atoms with van der Waals surface area (Å²) >= 11 is 5.62. The van der Waals surface area contributed by atoms with Crippen molar-refractivity contribution in [2.45, 2.75) is 6.61 Å². The predicted molar refractivity (Wildman–Crippen MR) is 152 cm³/mol.